The molecule has 0 bridgehead atoms. The van der Waals surface area contributed by atoms with Gasteiger partial charge in [0, 0.05) is 18.8 Å². The first-order chi connectivity index (χ1) is 9.47. The Kier molecular flexibility index (Phi) is 3.98. The summed E-state index contributed by atoms with van der Waals surface area (Å²) < 4.78 is 12.9. The van der Waals surface area contributed by atoms with Crippen LogP contribution in [-0.4, -0.2) is 27.9 Å². The third kappa shape index (κ3) is 3.12. The SMILES string of the molecule is Cc1cccc(CN(C)C(=O)c2ccc(F)cc2O)n1. The number of rotatable bonds is 3. The number of halogens is 1. The number of amides is 1. The monoisotopic (exact) mass is 274 g/mol. The van der Waals surface area contributed by atoms with Gasteiger partial charge in [-0.05, 0) is 31.2 Å². The van der Waals surface area contributed by atoms with E-state index in [0.29, 0.717) is 6.54 Å². The molecule has 0 aliphatic heterocycles. The van der Waals surface area contributed by atoms with Crippen molar-refractivity contribution in [1.29, 1.82) is 0 Å². The second-order valence-electron chi connectivity index (χ2n) is 4.59. The molecule has 0 saturated carbocycles. The van der Waals surface area contributed by atoms with Gasteiger partial charge >= 0.3 is 0 Å². The third-order valence-corrected chi connectivity index (χ3v) is 2.88. The second kappa shape index (κ2) is 5.69. The largest absolute Gasteiger partial charge is 0.507 e. The van der Waals surface area contributed by atoms with Crippen LogP contribution in [0.15, 0.2) is 36.4 Å². The normalized spacial score (nSPS) is 10.3. The van der Waals surface area contributed by atoms with E-state index >= 15 is 0 Å². The first-order valence-electron chi connectivity index (χ1n) is 6.14. The number of phenols is 1. The van der Waals surface area contributed by atoms with Gasteiger partial charge in [0.05, 0.1) is 17.8 Å². The predicted octanol–water partition coefficient (Wildman–Crippen LogP) is 2.51. The number of carbonyl (C=O) groups excluding carboxylic acids is 1. The van der Waals surface area contributed by atoms with Gasteiger partial charge in [0.15, 0.2) is 0 Å². The fraction of sp³-hybridized carbons (Fsp3) is 0.200. The highest BCUT2D eigenvalue weighted by Crippen LogP contribution is 2.20. The molecule has 0 saturated heterocycles. The van der Waals surface area contributed by atoms with Crippen LogP contribution in [0.2, 0.25) is 0 Å². The first-order valence-corrected chi connectivity index (χ1v) is 6.14. The van der Waals surface area contributed by atoms with Crippen LogP contribution in [-0.2, 0) is 6.54 Å². The first kappa shape index (κ1) is 14.0. The van der Waals surface area contributed by atoms with Crippen molar-refractivity contribution in [1.82, 2.24) is 9.88 Å². The molecule has 1 aromatic heterocycles. The molecule has 4 nitrogen and oxygen atoms in total. The quantitative estimate of drug-likeness (QED) is 0.935. The highest BCUT2D eigenvalue weighted by Gasteiger charge is 2.16. The summed E-state index contributed by atoms with van der Waals surface area (Å²) in [7, 11) is 1.61. The molecule has 1 amide bonds. The Morgan fingerprint density at radius 2 is 2.10 bits per heavy atom. The Bertz CT molecular complexity index is 644. The van der Waals surface area contributed by atoms with Crippen LogP contribution in [0, 0.1) is 12.7 Å². The average molecular weight is 274 g/mol. The summed E-state index contributed by atoms with van der Waals surface area (Å²) in [5.74, 6) is -1.33. The van der Waals surface area contributed by atoms with Crippen molar-refractivity contribution >= 4 is 5.91 Å². The van der Waals surface area contributed by atoms with Crippen molar-refractivity contribution in [2.45, 2.75) is 13.5 Å². The Hall–Kier alpha value is -2.43. The molecule has 104 valence electrons. The van der Waals surface area contributed by atoms with Crippen LogP contribution < -0.4 is 0 Å². The van der Waals surface area contributed by atoms with Crippen molar-refractivity contribution in [2.75, 3.05) is 7.05 Å². The predicted molar refractivity (Wildman–Crippen MR) is 72.8 cm³/mol. The number of aryl methyl sites for hydroxylation is 1. The lowest BCUT2D eigenvalue weighted by Gasteiger charge is -2.17. The summed E-state index contributed by atoms with van der Waals surface area (Å²) in [4.78, 5) is 17.9. The number of nitrogens with zero attached hydrogens (tertiary/aromatic N) is 2. The number of phenolic OH excluding ortho intramolecular Hbond substituents is 1. The van der Waals surface area contributed by atoms with Gasteiger partial charge in [0.1, 0.15) is 11.6 Å². The standard InChI is InChI=1S/C15H15FN2O2/c1-10-4-3-5-12(17-10)9-18(2)15(20)13-7-6-11(16)8-14(13)19/h3-8,19H,9H2,1-2H3. The number of carbonyl (C=O) groups is 1. The van der Waals surface area contributed by atoms with Gasteiger partial charge < -0.3 is 10.0 Å². The number of hydrogen-bond donors (Lipinski definition) is 1. The molecule has 1 aromatic carbocycles. The summed E-state index contributed by atoms with van der Waals surface area (Å²) in [5, 5.41) is 9.62. The van der Waals surface area contributed by atoms with E-state index < -0.39 is 5.82 Å². The molecule has 0 radical (unpaired) electrons. The van der Waals surface area contributed by atoms with Crippen molar-refractivity contribution < 1.29 is 14.3 Å². The van der Waals surface area contributed by atoms with Crippen molar-refractivity contribution in [3.63, 3.8) is 0 Å². The van der Waals surface area contributed by atoms with E-state index in [2.05, 4.69) is 4.98 Å². The van der Waals surface area contributed by atoms with E-state index in [4.69, 9.17) is 0 Å². The molecule has 1 N–H and O–H groups in total. The summed E-state index contributed by atoms with van der Waals surface area (Å²) in [5.41, 5.74) is 1.69. The smallest absolute Gasteiger partial charge is 0.257 e. The molecule has 0 atom stereocenters. The zero-order chi connectivity index (χ0) is 14.7. The van der Waals surface area contributed by atoms with E-state index in [1.54, 1.807) is 7.05 Å². The van der Waals surface area contributed by atoms with Gasteiger partial charge in [-0.3, -0.25) is 9.78 Å². The lowest BCUT2D eigenvalue weighted by Crippen LogP contribution is -2.26. The number of hydrogen-bond acceptors (Lipinski definition) is 3. The molecule has 1 heterocycles. The Balaban J connectivity index is 2.16. The fourth-order valence-electron chi connectivity index (χ4n) is 1.89. The maximum Gasteiger partial charge on any atom is 0.257 e. The molecule has 0 spiro atoms. The molecule has 5 heteroatoms. The Morgan fingerprint density at radius 1 is 1.35 bits per heavy atom. The number of pyridine rings is 1. The van der Waals surface area contributed by atoms with E-state index in [1.807, 2.05) is 25.1 Å². The number of aromatic nitrogens is 1. The van der Waals surface area contributed by atoms with Gasteiger partial charge in [-0.15, -0.1) is 0 Å². The van der Waals surface area contributed by atoms with Crippen LogP contribution in [0.5, 0.6) is 5.75 Å². The van der Waals surface area contributed by atoms with Crippen molar-refractivity contribution in [2.24, 2.45) is 0 Å². The topological polar surface area (TPSA) is 53.4 Å². The van der Waals surface area contributed by atoms with Crippen molar-refractivity contribution in [3.8, 4) is 5.75 Å². The van der Waals surface area contributed by atoms with E-state index in [0.717, 1.165) is 23.5 Å². The van der Waals surface area contributed by atoms with E-state index in [-0.39, 0.29) is 17.2 Å². The summed E-state index contributed by atoms with van der Waals surface area (Å²) >= 11 is 0. The highest BCUT2D eigenvalue weighted by molar-refractivity contribution is 5.96. The summed E-state index contributed by atoms with van der Waals surface area (Å²) in [6.45, 7) is 2.19. The average Bonchev–Trinajstić information content (AvgIpc) is 2.38. The highest BCUT2D eigenvalue weighted by atomic mass is 19.1. The Labute approximate surface area is 116 Å². The van der Waals surface area contributed by atoms with Crippen LogP contribution >= 0.6 is 0 Å². The molecule has 0 fully saturated rings. The lowest BCUT2D eigenvalue weighted by molar-refractivity contribution is 0.0780. The summed E-state index contributed by atoms with van der Waals surface area (Å²) in [6.07, 6.45) is 0. The molecular weight excluding hydrogens is 259 g/mol. The number of aromatic hydroxyl groups is 1. The molecule has 2 aromatic rings. The molecule has 0 unspecified atom stereocenters. The van der Waals surface area contributed by atoms with Crippen LogP contribution in [0.3, 0.4) is 0 Å². The molecule has 0 aliphatic carbocycles. The van der Waals surface area contributed by atoms with Gasteiger partial charge in [0.2, 0.25) is 0 Å². The van der Waals surface area contributed by atoms with Crippen molar-refractivity contribution in [3.05, 3.63) is 59.2 Å². The maximum absolute atomic E-state index is 12.9. The minimum absolute atomic E-state index is 0.0709. The van der Waals surface area contributed by atoms with Gasteiger partial charge in [-0.2, -0.15) is 0 Å². The van der Waals surface area contributed by atoms with Crippen LogP contribution in [0.1, 0.15) is 21.7 Å². The molecule has 2 rings (SSSR count). The maximum atomic E-state index is 12.9. The van der Waals surface area contributed by atoms with E-state index in [1.165, 1.54) is 11.0 Å². The molecule has 20 heavy (non-hydrogen) atoms. The number of benzene rings is 1. The van der Waals surface area contributed by atoms with E-state index in [9.17, 15) is 14.3 Å². The lowest BCUT2D eigenvalue weighted by atomic mass is 10.1. The minimum Gasteiger partial charge on any atom is -0.507 e. The minimum atomic E-state index is -0.581. The zero-order valence-electron chi connectivity index (χ0n) is 11.3. The molecular formula is C15H15FN2O2. The molecule has 0 aliphatic rings. The third-order valence-electron chi connectivity index (χ3n) is 2.88. The van der Waals surface area contributed by atoms with Crippen LogP contribution in [0.4, 0.5) is 4.39 Å². The van der Waals surface area contributed by atoms with Crippen LogP contribution in [0.25, 0.3) is 0 Å². The zero-order valence-corrected chi connectivity index (χ0v) is 11.3. The van der Waals surface area contributed by atoms with Gasteiger partial charge in [-0.25, -0.2) is 4.39 Å². The van der Waals surface area contributed by atoms with Gasteiger partial charge in [0.25, 0.3) is 5.91 Å². The fourth-order valence-corrected chi connectivity index (χ4v) is 1.89. The second-order valence-corrected chi connectivity index (χ2v) is 4.59. The Morgan fingerprint density at radius 3 is 2.75 bits per heavy atom. The summed E-state index contributed by atoms with van der Waals surface area (Å²) in [6, 6.07) is 8.90. The van der Waals surface area contributed by atoms with Gasteiger partial charge in [-0.1, -0.05) is 6.07 Å².